The van der Waals surface area contributed by atoms with E-state index in [-0.39, 0.29) is 48.4 Å². The molecule has 4 saturated heterocycles. The molecule has 10 aromatic rings. The van der Waals surface area contributed by atoms with Crippen molar-refractivity contribution in [1.29, 1.82) is 0 Å². The molecular formula is C89H108N16O8. The molecule has 0 bridgehead atoms. The maximum absolute atomic E-state index is 13.6. The molecule has 4 aliphatic heterocycles. The van der Waals surface area contributed by atoms with Crippen LogP contribution in [-0.4, -0.2) is 170 Å². The molecule has 24 nitrogen and oxygen atoms in total. The Morgan fingerprint density at radius 2 is 0.823 bits per heavy atom. The van der Waals surface area contributed by atoms with Gasteiger partial charge in [-0.3, -0.25) is 29.0 Å². The molecular weight excluding hydrogens is 1420 g/mol. The lowest BCUT2D eigenvalue weighted by atomic mass is 10.0. The van der Waals surface area contributed by atoms with E-state index in [4.69, 9.17) is 24.2 Å². The van der Waals surface area contributed by atoms with Gasteiger partial charge in [-0.05, 0) is 178 Å². The molecule has 0 unspecified atom stereocenters. The number of pyridine rings is 2. The molecule has 6 aromatic carbocycles. The van der Waals surface area contributed by atoms with Crippen LogP contribution in [0.25, 0.3) is 44.3 Å². The largest absolute Gasteiger partial charge is 0.444 e. The van der Waals surface area contributed by atoms with Crippen LogP contribution in [0.2, 0.25) is 0 Å². The second-order valence-electron chi connectivity index (χ2n) is 30.5. The van der Waals surface area contributed by atoms with E-state index < -0.39 is 5.60 Å². The maximum Gasteiger partial charge on any atom is 0.410 e. The first-order valence-corrected chi connectivity index (χ1v) is 40.2. The number of anilines is 2. The van der Waals surface area contributed by atoms with Gasteiger partial charge in [-0.2, -0.15) is 10.2 Å². The fraction of sp³-hybridized carbons (Fsp3) is 0.404. The van der Waals surface area contributed by atoms with E-state index in [2.05, 4.69) is 158 Å². The number of hydrogen-bond donors (Lipinski definition) is 7. The van der Waals surface area contributed by atoms with Gasteiger partial charge in [-0.15, -0.1) is 0 Å². The molecule has 4 aromatic heterocycles. The standard InChI is InChI=1S/C47H58N8O5.C42H50N8O3/c1-6-41-39(42(51-38-17-23-59-24-18-38)40-30-50-55(7-2)43(40)52-41)29-49-45(57)37-16-10-15-36(27-37)44(56)48-28-32-11-8-13-34(25-32)35-14-9-12-33(26-35)31-53-19-21-54(22-20-53)46(58)60-47(3,4)5;1-3-38-36(39(47-35-14-20-53-21-15-35)37-27-46-50(4-2)40(37)48-38)26-45-42(52)34-13-7-12-33(24-34)41(51)44-25-29-8-5-10-31(22-29)32-11-6-9-30(23-32)28-49-18-16-43-17-19-49/h8-16,25-27,30,38H,6-7,17-24,28-29,31H2,1-5H3,(H,48,56)(H,49,57)(H,51,52);5-13,22-24,27,35,43H,3-4,14-21,25-26,28H2,1-2H3,(H,44,51)(H,45,52)(H,47,48). The highest BCUT2D eigenvalue weighted by Gasteiger charge is 2.29. The number of aryl methyl sites for hydroxylation is 4. The fourth-order valence-electron chi connectivity index (χ4n) is 15.1. The Hall–Kier alpha value is -10.9. The molecule has 24 heteroatoms. The number of hydrogen-bond acceptors (Lipinski definition) is 17. The lowest BCUT2D eigenvalue weighted by molar-refractivity contribution is 0.0138. The Morgan fingerprint density at radius 3 is 1.20 bits per heavy atom. The third-order valence-corrected chi connectivity index (χ3v) is 21.3. The van der Waals surface area contributed by atoms with E-state index in [0.717, 1.165) is 187 Å². The van der Waals surface area contributed by atoms with Crippen LogP contribution < -0.4 is 37.2 Å². The molecule has 0 aliphatic carbocycles. The highest BCUT2D eigenvalue weighted by molar-refractivity contribution is 6.01. The van der Waals surface area contributed by atoms with Crippen molar-refractivity contribution in [3.8, 4) is 22.3 Å². The van der Waals surface area contributed by atoms with Crippen molar-refractivity contribution in [1.82, 2.24) is 70.8 Å². The Labute approximate surface area is 662 Å². The summed E-state index contributed by atoms with van der Waals surface area (Å²) in [5, 5.41) is 34.3. The highest BCUT2D eigenvalue weighted by Crippen LogP contribution is 2.34. The van der Waals surface area contributed by atoms with Crippen LogP contribution in [0.4, 0.5) is 16.2 Å². The molecule has 0 spiro atoms. The number of amides is 5. The summed E-state index contributed by atoms with van der Waals surface area (Å²) >= 11 is 0. The summed E-state index contributed by atoms with van der Waals surface area (Å²) in [5.41, 5.74) is 17.4. The normalized spacial score (nSPS) is 15.3. The van der Waals surface area contributed by atoms with Crippen molar-refractivity contribution in [2.24, 2.45) is 0 Å². The number of fused-ring (bicyclic) bond motifs is 2. The topological polar surface area (TPSA) is 268 Å². The number of rotatable bonds is 26. The van der Waals surface area contributed by atoms with E-state index in [1.54, 1.807) is 53.4 Å². The lowest BCUT2D eigenvalue weighted by Crippen LogP contribution is -2.49. The number of piperazine rings is 2. The minimum absolute atomic E-state index is 0.234. The van der Waals surface area contributed by atoms with Gasteiger partial charge in [0.1, 0.15) is 5.60 Å². The molecule has 5 amide bonds. The number of carbonyl (C=O) groups excluding carboxylic acids is 5. The molecule has 8 heterocycles. The van der Waals surface area contributed by atoms with E-state index >= 15 is 0 Å². The summed E-state index contributed by atoms with van der Waals surface area (Å²) in [6.07, 6.45) is 8.48. The van der Waals surface area contributed by atoms with Crippen LogP contribution in [0.5, 0.6) is 0 Å². The van der Waals surface area contributed by atoms with Gasteiger partial charge in [0.05, 0.1) is 34.5 Å². The molecule has 592 valence electrons. The van der Waals surface area contributed by atoms with Gasteiger partial charge in [0.2, 0.25) is 0 Å². The third-order valence-electron chi connectivity index (χ3n) is 21.3. The molecule has 0 radical (unpaired) electrons. The number of aromatic nitrogens is 6. The maximum atomic E-state index is 13.6. The van der Waals surface area contributed by atoms with Crippen molar-refractivity contribution in [3.63, 3.8) is 0 Å². The number of nitrogens with one attached hydrogen (secondary N) is 7. The highest BCUT2D eigenvalue weighted by atomic mass is 16.6. The second kappa shape index (κ2) is 38.1. The van der Waals surface area contributed by atoms with E-state index in [0.29, 0.717) is 87.6 Å². The Balaban J connectivity index is 0.000000199. The van der Waals surface area contributed by atoms with Crippen molar-refractivity contribution in [2.75, 3.05) is 89.4 Å². The summed E-state index contributed by atoms with van der Waals surface area (Å²) in [5.74, 6) is -1.02. The van der Waals surface area contributed by atoms with Crippen LogP contribution in [-0.2, 0) is 79.4 Å². The van der Waals surface area contributed by atoms with Crippen molar-refractivity contribution in [3.05, 3.63) is 225 Å². The van der Waals surface area contributed by atoms with Crippen LogP contribution in [0.1, 0.15) is 160 Å². The average Bonchev–Trinajstić information content (AvgIpc) is 1.67. The van der Waals surface area contributed by atoms with Gasteiger partial charge in [0.25, 0.3) is 23.6 Å². The Morgan fingerprint density at radius 1 is 0.460 bits per heavy atom. The summed E-state index contributed by atoms with van der Waals surface area (Å²) < 4.78 is 20.6. The zero-order valence-electron chi connectivity index (χ0n) is 66.3. The Bertz CT molecular complexity index is 4960. The van der Waals surface area contributed by atoms with Gasteiger partial charge in [0, 0.05) is 188 Å². The average molecular weight is 1530 g/mol. The first kappa shape index (κ1) is 80.2. The molecule has 0 atom stereocenters. The number of ether oxygens (including phenoxy) is 3. The molecule has 4 fully saturated rings. The number of benzene rings is 6. The lowest BCUT2D eigenvalue weighted by Gasteiger charge is -2.35. The van der Waals surface area contributed by atoms with E-state index in [1.165, 1.54) is 11.1 Å². The predicted octanol–water partition coefficient (Wildman–Crippen LogP) is 12.7. The van der Waals surface area contributed by atoms with Crippen LogP contribution in [0, 0.1) is 0 Å². The van der Waals surface area contributed by atoms with Crippen LogP contribution in [0.15, 0.2) is 158 Å². The van der Waals surface area contributed by atoms with Gasteiger partial charge in [-0.25, -0.2) is 24.1 Å². The summed E-state index contributed by atoms with van der Waals surface area (Å²) in [6, 6.07) is 47.9. The smallest absolute Gasteiger partial charge is 0.410 e. The van der Waals surface area contributed by atoms with E-state index in [1.807, 2.05) is 66.8 Å². The zero-order chi connectivity index (χ0) is 78.8. The predicted molar refractivity (Wildman–Crippen MR) is 443 cm³/mol. The van der Waals surface area contributed by atoms with E-state index in [9.17, 15) is 24.0 Å². The molecule has 4 aliphatic rings. The summed E-state index contributed by atoms with van der Waals surface area (Å²) in [7, 11) is 0. The monoisotopic (exact) mass is 1530 g/mol. The number of nitrogens with zero attached hydrogens (tertiary/aromatic N) is 9. The molecule has 0 saturated carbocycles. The first-order chi connectivity index (χ1) is 55.0. The second-order valence-corrected chi connectivity index (χ2v) is 30.5. The summed E-state index contributed by atoms with van der Waals surface area (Å²) in [4.78, 5) is 83.1. The third kappa shape index (κ3) is 20.9. The van der Waals surface area contributed by atoms with Crippen molar-refractivity contribution in [2.45, 2.75) is 157 Å². The zero-order valence-corrected chi connectivity index (χ0v) is 66.3. The minimum Gasteiger partial charge on any atom is -0.444 e. The van der Waals surface area contributed by atoms with Crippen LogP contribution >= 0.6 is 0 Å². The van der Waals surface area contributed by atoms with Gasteiger partial charge < -0.3 is 56.3 Å². The van der Waals surface area contributed by atoms with Crippen molar-refractivity contribution >= 4 is 63.2 Å². The molecule has 7 N–H and O–H groups in total. The van der Waals surface area contributed by atoms with Gasteiger partial charge >= 0.3 is 6.09 Å². The fourth-order valence-corrected chi connectivity index (χ4v) is 15.1. The summed E-state index contributed by atoms with van der Waals surface area (Å²) in [6.45, 7) is 28.2. The Kier molecular flexibility index (Phi) is 27.0. The SMILES string of the molecule is CCc1nc2c(cnn2CC)c(NC2CCOCC2)c1CNC(=O)c1cccc(C(=O)NCc2cccc(-c3cccc(CN4CCN(C(=O)OC(C)(C)C)CC4)c3)c2)c1.CCc1nc2c(cnn2CC)c(NC2CCOCC2)c1CNC(=O)c1cccc(C(=O)NCc2cccc(-c3cccc(CN4CCNCC4)c3)c2)c1. The minimum atomic E-state index is -0.506. The van der Waals surface area contributed by atoms with Gasteiger partial charge in [-0.1, -0.05) is 98.8 Å². The first-order valence-electron chi connectivity index (χ1n) is 40.2. The number of carbonyl (C=O) groups is 5. The quantitative estimate of drug-likeness (QED) is 0.0266. The molecule has 14 rings (SSSR count). The molecule has 113 heavy (non-hydrogen) atoms. The van der Waals surface area contributed by atoms with Gasteiger partial charge in [0.15, 0.2) is 11.3 Å². The van der Waals surface area contributed by atoms with Crippen molar-refractivity contribution < 1.29 is 38.2 Å². The van der Waals surface area contributed by atoms with Crippen LogP contribution in [0.3, 0.4) is 0 Å².